The molecule has 4 heteroatoms. The summed E-state index contributed by atoms with van der Waals surface area (Å²) in [5.41, 5.74) is 0.829. The number of hydrogen-bond donors (Lipinski definition) is 0. The van der Waals surface area contributed by atoms with Crippen molar-refractivity contribution in [3.8, 4) is 0 Å². The Morgan fingerprint density at radius 2 is 1.88 bits per heavy atom. The summed E-state index contributed by atoms with van der Waals surface area (Å²) in [4.78, 5) is 4.92. The zero-order chi connectivity index (χ0) is 11.4. The molecule has 2 rings (SSSR count). The van der Waals surface area contributed by atoms with Crippen molar-refractivity contribution in [3.05, 3.63) is 59.4 Å². The molecule has 1 aromatic heterocycles. The van der Waals surface area contributed by atoms with E-state index >= 15 is 0 Å². The van der Waals surface area contributed by atoms with Gasteiger partial charge in [0.25, 0.3) is 0 Å². The number of aromatic nitrogens is 1. The fourth-order valence-corrected chi connectivity index (χ4v) is 2.46. The summed E-state index contributed by atoms with van der Waals surface area (Å²) in [6.07, 6.45) is 1.70. The average Bonchev–Trinajstić information content (AvgIpc) is 2.31. The average molecular weight is 252 g/mol. The first-order valence-electron chi connectivity index (χ1n) is 4.79. The lowest BCUT2D eigenvalue weighted by Gasteiger charge is -2.09. The van der Waals surface area contributed by atoms with Gasteiger partial charge in [-0.2, -0.15) is 0 Å². The smallest absolute Gasteiger partial charge is 0.153 e. The van der Waals surface area contributed by atoms with Crippen LogP contribution in [-0.4, -0.2) is 9.54 Å². The second-order valence-electron chi connectivity index (χ2n) is 3.26. The van der Waals surface area contributed by atoms with Gasteiger partial charge in [0.05, 0.1) is 5.69 Å². The zero-order valence-corrected chi connectivity index (χ0v) is 10.0. The molecule has 0 saturated carbocycles. The standard InChI is InChI=1S/C12H10ClNOS/c13-10-4-6-12(7-5-10)16(15)9-11-3-1-2-8-14-11/h1-8H,9H2. The lowest BCUT2D eigenvalue weighted by atomic mass is 10.4. The Balaban J connectivity index is 2.09. The molecule has 0 aliphatic rings. The van der Waals surface area contributed by atoms with Crippen LogP contribution in [0.15, 0.2) is 53.6 Å². The van der Waals surface area contributed by atoms with Crippen molar-refractivity contribution in [1.29, 1.82) is 0 Å². The van der Waals surface area contributed by atoms with Crippen LogP contribution < -0.4 is 0 Å². The topological polar surface area (TPSA) is 36.0 Å². The summed E-state index contributed by atoms with van der Waals surface area (Å²) in [5, 5.41) is 0.651. The molecule has 0 N–H and O–H groups in total. The molecular weight excluding hydrogens is 242 g/mol. The number of hydrogen-bond acceptors (Lipinski definition) is 2. The highest BCUT2D eigenvalue weighted by molar-refractivity contribution is 7.90. The Morgan fingerprint density at radius 3 is 2.50 bits per heavy atom. The van der Waals surface area contributed by atoms with Crippen LogP contribution in [0.3, 0.4) is 0 Å². The fraction of sp³-hybridized carbons (Fsp3) is 0.0833. The number of halogens is 1. The first kappa shape index (κ1) is 11.5. The maximum Gasteiger partial charge on any atom is 0.153 e. The highest BCUT2D eigenvalue weighted by Crippen LogP contribution is 2.17. The molecule has 0 radical (unpaired) electrons. The number of nitrogens with zero attached hydrogens (tertiary/aromatic N) is 1. The van der Waals surface area contributed by atoms with Gasteiger partial charge < -0.3 is 4.55 Å². The molecule has 0 fully saturated rings. The van der Waals surface area contributed by atoms with E-state index in [1.54, 1.807) is 30.5 Å². The predicted octanol–water partition coefficient (Wildman–Crippen LogP) is 3.04. The van der Waals surface area contributed by atoms with E-state index in [-0.39, 0.29) is 0 Å². The van der Waals surface area contributed by atoms with Crippen LogP contribution in [-0.2, 0) is 16.9 Å². The van der Waals surface area contributed by atoms with Crippen molar-refractivity contribution in [3.63, 3.8) is 0 Å². The van der Waals surface area contributed by atoms with Gasteiger partial charge in [0.15, 0.2) is 10.6 Å². The Labute approximate surface area is 102 Å². The molecule has 0 aliphatic heterocycles. The molecule has 2 nitrogen and oxygen atoms in total. The maximum atomic E-state index is 12.0. The highest BCUT2D eigenvalue weighted by Gasteiger charge is 2.11. The van der Waals surface area contributed by atoms with Gasteiger partial charge in [-0.25, -0.2) is 0 Å². The molecule has 82 valence electrons. The van der Waals surface area contributed by atoms with E-state index in [0.717, 1.165) is 10.6 Å². The summed E-state index contributed by atoms with van der Waals surface area (Å²) < 4.78 is 12.0. The quantitative estimate of drug-likeness (QED) is 0.786. The molecule has 0 spiro atoms. The highest BCUT2D eigenvalue weighted by atomic mass is 35.5. The first-order valence-corrected chi connectivity index (χ1v) is 6.49. The Hall–Kier alpha value is -1.03. The van der Waals surface area contributed by atoms with E-state index in [2.05, 4.69) is 4.98 Å². The van der Waals surface area contributed by atoms with Crippen molar-refractivity contribution in [1.82, 2.24) is 4.98 Å². The molecule has 1 aromatic carbocycles. The number of benzene rings is 1. The van der Waals surface area contributed by atoms with Gasteiger partial charge in [-0.3, -0.25) is 4.98 Å². The summed E-state index contributed by atoms with van der Waals surface area (Å²) in [6, 6.07) is 12.6. The molecule has 0 aliphatic carbocycles. The van der Waals surface area contributed by atoms with Crippen LogP contribution in [0.4, 0.5) is 0 Å². The Morgan fingerprint density at radius 1 is 1.12 bits per heavy atom. The van der Waals surface area contributed by atoms with Gasteiger partial charge in [0.2, 0.25) is 0 Å². The zero-order valence-electron chi connectivity index (χ0n) is 8.47. The third kappa shape index (κ3) is 2.98. The van der Waals surface area contributed by atoms with Crippen LogP contribution in [0.25, 0.3) is 0 Å². The van der Waals surface area contributed by atoms with Gasteiger partial charge in [-0.15, -0.1) is 0 Å². The van der Waals surface area contributed by atoms with E-state index in [0.29, 0.717) is 10.8 Å². The van der Waals surface area contributed by atoms with Crippen LogP contribution >= 0.6 is 11.6 Å². The van der Waals surface area contributed by atoms with Gasteiger partial charge in [0.1, 0.15) is 0 Å². The van der Waals surface area contributed by atoms with Gasteiger partial charge >= 0.3 is 0 Å². The lowest BCUT2D eigenvalue weighted by Crippen LogP contribution is -2.05. The molecule has 1 atom stereocenters. The normalized spacial score (nSPS) is 12.4. The Bertz CT molecular complexity index is 446. The minimum Gasteiger partial charge on any atom is -0.611 e. The molecule has 2 aromatic rings. The predicted molar refractivity (Wildman–Crippen MR) is 65.8 cm³/mol. The summed E-state index contributed by atoms with van der Waals surface area (Å²) in [7, 11) is 0. The van der Waals surface area contributed by atoms with E-state index < -0.39 is 11.2 Å². The molecule has 1 unspecified atom stereocenters. The van der Waals surface area contributed by atoms with E-state index in [1.165, 1.54) is 0 Å². The first-order chi connectivity index (χ1) is 7.75. The lowest BCUT2D eigenvalue weighted by molar-refractivity contribution is 0.593. The van der Waals surface area contributed by atoms with Gasteiger partial charge in [-0.05, 0) is 47.6 Å². The summed E-state index contributed by atoms with van der Waals surface area (Å²) >= 11 is 4.70. The molecule has 1 heterocycles. The SMILES string of the molecule is [O-][S+](Cc1ccccn1)c1ccc(Cl)cc1. The van der Waals surface area contributed by atoms with Crippen LogP contribution in [0.1, 0.15) is 5.69 Å². The van der Waals surface area contributed by atoms with E-state index in [1.807, 2.05) is 18.2 Å². The summed E-state index contributed by atoms with van der Waals surface area (Å²) in [6.45, 7) is 0. The van der Waals surface area contributed by atoms with Gasteiger partial charge in [0, 0.05) is 11.2 Å². The van der Waals surface area contributed by atoms with Gasteiger partial charge in [-0.1, -0.05) is 17.7 Å². The van der Waals surface area contributed by atoms with Crippen LogP contribution in [0.2, 0.25) is 5.02 Å². The summed E-state index contributed by atoms with van der Waals surface area (Å²) in [5.74, 6) is 0.433. The minimum atomic E-state index is -1.06. The van der Waals surface area contributed by atoms with Crippen molar-refractivity contribution in [2.45, 2.75) is 10.6 Å². The van der Waals surface area contributed by atoms with E-state index in [4.69, 9.17) is 11.6 Å². The van der Waals surface area contributed by atoms with Crippen molar-refractivity contribution >= 4 is 22.8 Å². The Kier molecular flexibility index (Phi) is 3.83. The molecular formula is C12H10ClNOS. The third-order valence-corrected chi connectivity index (χ3v) is 3.69. The molecule has 0 bridgehead atoms. The van der Waals surface area contributed by atoms with E-state index in [9.17, 15) is 4.55 Å². The monoisotopic (exact) mass is 251 g/mol. The molecule has 16 heavy (non-hydrogen) atoms. The third-order valence-electron chi connectivity index (χ3n) is 2.08. The minimum absolute atomic E-state index is 0.433. The largest absolute Gasteiger partial charge is 0.611 e. The second-order valence-corrected chi connectivity index (χ2v) is 5.15. The maximum absolute atomic E-state index is 12.0. The van der Waals surface area contributed by atoms with Crippen molar-refractivity contribution in [2.24, 2.45) is 0 Å². The molecule has 0 saturated heterocycles. The van der Waals surface area contributed by atoms with Crippen LogP contribution in [0, 0.1) is 0 Å². The van der Waals surface area contributed by atoms with Crippen molar-refractivity contribution < 1.29 is 4.55 Å². The fourth-order valence-electron chi connectivity index (χ4n) is 1.29. The van der Waals surface area contributed by atoms with Crippen molar-refractivity contribution in [2.75, 3.05) is 0 Å². The second kappa shape index (κ2) is 5.34. The van der Waals surface area contributed by atoms with Crippen LogP contribution in [0.5, 0.6) is 0 Å². The number of pyridine rings is 1. The molecule has 0 amide bonds. The number of rotatable bonds is 3.